The van der Waals surface area contributed by atoms with Gasteiger partial charge in [-0.05, 0) is 67.9 Å². The van der Waals surface area contributed by atoms with Crippen molar-refractivity contribution in [1.82, 2.24) is 10.3 Å². The molecule has 2 fully saturated rings. The molecule has 1 saturated carbocycles. The molecule has 1 aliphatic heterocycles. The van der Waals surface area contributed by atoms with Crippen molar-refractivity contribution in [3.8, 4) is 0 Å². The second-order valence-electron chi connectivity index (χ2n) is 9.43. The van der Waals surface area contributed by atoms with E-state index in [0.29, 0.717) is 36.6 Å². The van der Waals surface area contributed by atoms with Gasteiger partial charge in [0, 0.05) is 19.0 Å². The van der Waals surface area contributed by atoms with Crippen molar-refractivity contribution >= 4 is 27.4 Å². The molecule has 1 saturated heterocycles. The van der Waals surface area contributed by atoms with E-state index in [1.54, 1.807) is 19.1 Å². The zero-order chi connectivity index (χ0) is 25.5. The van der Waals surface area contributed by atoms with Gasteiger partial charge >= 0.3 is 6.18 Å². The minimum atomic E-state index is -4.52. The third-order valence-corrected chi connectivity index (χ3v) is 7.12. The Balaban J connectivity index is 1.46. The van der Waals surface area contributed by atoms with E-state index in [0.717, 1.165) is 36.3 Å². The zero-order valence-electron chi connectivity index (χ0n) is 19.8. The predicted molar refractivity (Wildman–Crippen MR) is 128 cm³/mol. The maximum Gasteiger partial charge on any atom is 0.433 e. The monoisotopic (exact) mass is 510 g/mol. The van der Waals surface area contributed by atoms with Crippen LogP contribution in [0.15, 0.2) is 30.3 Å². The molecule has 1 aromatic carbocycles. The molecule has 190 valence electrons. The van der Waals surface area contributed by atoms with Gasteiger partial charge in [0.25, 0.3) is 0 Å². The van der Waals surface area contributed by atoms with Gasteiger partial charge in [-0.3, -0.25) is 9.52 Å². The normalized spacial score (nSPS) is 21.0. The van der Waals surface area contributed by atoms with Gasteiger partial charge in [0.2, 0.25) is 15.9 Å². The quantitative estimate of drug-likeness (QED) is 0.578. The third-order valence-electron chi connectivity index (χ3n) is 6.53. The van der Waals surface area contributed by atoms with Gasteiger partial charge in [-0.1, -0.05) is 18.2 Å². The first-order valence-electron chi connectivity index (χ1n) is 11.6. The Morgan fingerprint density at radius 2 is 1.86 bits per heavy atom. The van der Waals surface area contributed by atoms with E-state index in [-0.39, 0.29) is 23.8 Å². The van der Waals surface area contributed by atoms with Crippen molar-refractivity contribution in [2.75, 3.05) is 29.0 Å². The van der Waals surface area contributed by atoms with Gasteiger partial charge in [-0.25, -0.2) is 13.4 Å². The van der Waals surface area contributed by atoms with Crippen LogP contribution in [-0.4, -0.2) is 38.7 Å². The molecule has 7 nitrogen and oxygen atoms in total. The van der Waals surface area contributed by atoms with Gasteiger partial charge in [-0.2, -0.15) is 13.2 Å². The standard InChI is InChI=1S/C24H29F3N4O3S/c1-14-12-16(6-8-20(14)30-35(3,33)34)15(2)28-23(32)19-13-18(19)17-7-9-21(24(25,26)27)29-22(17)31-10-4-5-11-31/h6-9,12,15,18-19,30H,4-5,10-11,13H2,1-3H3,(H,28,32)/t15-,18-,19+/m1/s1. The van der Waals surface area contributed by atoms with E-state index in [2.05, 4.69) is 15.0 Å². The number of pyridine rings is 1. The topological polar surface area (TPSA) is 91.4 Å². The minimum Gasteiger partial charge on any atom is -0.356 e. The lowest BCUT2D eigenvalue weighted by molar-refractivity contribution is -0.141. The maximum atomic E-state index is 13.3. The van der Waals surface area contributed by atoms with E-state index in [9.17, 15) is 26.4 Å². The highest BCUT2D eigenvalue weighted by molar-refractivity contribution is 7.92. The number of carbonyl (C=O) groups is 1. The van der Waals surface area contributed by atoms with Crippen LogP contribution in [0.4, 0.5) is 24.7 Å². The highest BCUT2D eigenvalue weighted by Gasteiger charge is 2.47. The second kappa shape index (κ2) is 9.33. The number of carbonyl (C=O) groups excluding carboxylic acids is 1. The number of anilines is 2. The fourth-order valence-electron chi connectivity index (χ4n) is 4.59. The molecule has 3 atom stereocenters. The van der Waals surface area contributed by atoms with Crippen molar-refractivity contribution in [3.05, 3.63) is 52.7 Å². The average Bonchev–Trinajstić information content (AvgIpc) is 3.37. The molecule has 35 heavy (non-hydrogen) atoms. The number of alkyl halides is 3. The van der Waals surface area contributed by atoms with Gasteiger partial charge < -0.3 is 10.2 Å². The highest BCUT2D eigenvalue weighted by Crippen LogP contribution is 2.51. The number of nitrogens with one attached hydrogen (secondary N) is 2. The summed E-state index contributed by atoms with van der Waals surface area (Å²) in [4.78, 5) is 18.8. The van der Waals surface area contributed by atoms with Gasteiger partial charge in [-0.15, -0.1) is 0 Å². The Morgan fingerprint density at radius 1 is 1.17 bits per heavy atom. The third kappa shape index (κ3) is 5.88. The summed E-state index contributed by atoms with van der Waals surface area (Å²) in [5.74, 6) is -0.318. The first-order valence-corrected chi connectivity index (χ1v) is 13.4. The summed E-state index contributed by atoms with van der Waals surface area (Å²) in [7, 11) is -3.40. The first kappa shape index (κ1) is 25.3. The Bertz CT molecular complexity index is 1230. The zero-order valence-corrected chi connectivity index (χ0v) is 20.6. The fourth-order valence-corrected chi connectivity index (χ4v) is 5.22. The lowest BCUT2D eigenvalue weighted by atomic mass is 10.0. The number of hydrogen-bond donors (Lipinski definition) is 2. The summed E-state index contributed by atoms with van der Waals surface area (Å²) in [6.07, 6.45) is -1.07. The van der Waals surface area contributed by atoms with Gasteiger partial charge in [0.15, 0.2) is 0 Å². The van der Waals surface area contributed by atoms with Crippen LogP contribution in [0.2, 0.25) is 0 Å². The van der Waals surface area contributed by atoms with E-state index in [1.807, 2.05) is 17.9 Å². The predicted octanol–water partition coefficient (Wildman–Crippen LogP) is 4.36. The molecule has 1 amide bonds. The van der Waals surface area contributed by atoms with Crippen LogP contribution in [0.3, 0.4) is 0 Å². The number of rotatable bonds is 7. The molecule has 11 heteroatoms. The Kier molecular flexibility index (Phi) is 6.74. The lowest BCUT2D eigenvalue weighted by Crippen LogP contribution is -2.29. The van der Waals surface area contributed by atoms with E-state index >= 15 is 0 Å². The van der Waals surface area contributed by atoms with Crippen LogP contribution in [0.25, 0.3) is 0 Å². The van der Waals surface area contributed by atoms with Gasteiger partial charge in [0.05, 0.1) is 18.0 Å². The van der Waals surface area contributed by atoms with Crippen molar-refractivity contribution in [2.24, 2.45) is 5.92 Å². The first-order chi connectivity index (χ1) is 16.3. The number of amides is 1. The lowest BCUT2D eigenvalue weighted by Gasteiger charge is -2.22. The molecule has 0 unspecified atom stereocenters. The molecule has 0 spiro atoms. The fraction of sp³-hybridized carbons (Fsp3) is 0.500. The molecule has 2 N–H and O–H groups in total. The summed E-state index contributed by atoms with van der Waals surface area (Å²) in [5, 5.41) is 2.99. The van der Waals surface area contributed by atoms with Crippen molar-refractivity contribution in [2.45, 2.75) is 51.2 Å². The number of halogens is 3. The largest absolute Gasteiger partial charge is 0.433 e. The molecule has 1 aromatic heterocycles. The van der Waals surface area contributed by atoms with Crippen molar-refractivity contribution in [1.29, 1.82) is 0 Å². The van der Waals surface area contributed by atoms with Crippen LogP contribution in [0.5, 0.6) is 0 Å². The smallest absolute Gasteiger partial charge is 0.356 e. The molecule has 0 radical (unpaired) electrons. The van der Waals surface area contributed by atoms with Crippen molar-refractivity contribution in [3.63, 3.8) is 0 Å². The molecule has 2 aliphatic rings. The minimum absolute atomic E-state index is 0.161. The van der Waals surface area contributed by atoms with Crippen LogP contribution >= 0.6 is 0 Å². The summed E-state index contributed by atoms with van der Waals surface area (Å²) >= 11 is 0. The van der Waals surface area contributed by atoms with E-state index in [1.165, 1.54) is 6.07 Å². The molecular formula is C24H29F3N4O3S. The number of aromatic nitrogens is 1. The Labute approximate surface area is 203 Å². The SMILES string of the molecule is Cc1cc([C@@H](C)NC(=O)[C@H]2C[C@@H]2c2ccc(C(F)(F)F)nc2N2CCCC2)ccc1NS(C)(=O)=O. The number of nitrogens with zero attached hydrogens (tertiary/aromatic N) is 2. The second-order valence-corrected chi connectivity index (χ2v) is 11.2. The number of benzene rings is 1. The highest BCUT2D eigenvalue weighted by atomic mass is 32.2. The summed E-state index contributed by atoms with van der Waals surface area (Å²) in [6, 6.07) is 7.37. The van der Waals surface area contributed by atoms with Gasteiger partial charge in [0.1, 0.15) is 11.5 Å². The van der Waals surface area contributed by atoms with Crippen LogP contribution in [-0.2, 0) is 21.0 Å². The van der Waals surface area contributed by atoms with Crippen LogP contribution in [0.1, 0.15) is 60.5 Å². The summed E-state index contributed by atoms with van der Waals surface area (Å²) < 4.78 is 65.2. The Morgan fingerprint density at radius 3 is 2.46 bits per heavy atom. The average molecular weight is 511 g/mol. The van der Waals surface area contributed by atoms with E-state index < -0.39 is 21.9 Å². The molecule has 1 aliphatic carbocycles. The molecule has 2 heterocycles. The number of hydrogen-bond acceptors (Lipinski definition) is 5. The molecule has 0 bridgehead atoms. The molecule has 4 rings (SSSR count). The van der Waals surface area contributed by atoms with Crippen LogP contribution in [0, 0.1) is 12.8 Å². The molecule has 2 aromatic rings. The van der Waals surface area contributed by atoms with Crippen molar-refractivity contribution < 1.29 is 26.4 Å². The van der Waals surface area contributed by atoms with Crippen LogP contribution < -0.4 is 14.9 Å². The summed E-state index contributed by atoms with van der Waals surface area (Å²) in [5.41, 5.74) is 1.80. The summed E-state index contributed by atoms with van der Waals surface area (Å²) in [6.45, 7) is 4.93. The Hall–Kier alpha value is -2.82. The maximum absolute atomic E-state index is 13.3. The number of sulfonamides is 1. The molecular weight excluding hydrogens is 481 g/mol. The van der Waals surface area contributed by atoms with E-state index in [4.69, 9.17) is 0 Å². The number of aryl methyl sites for hydroxylation is 1.